The van der Waals surface area contributed by atoms with Gasteiger partial charge in [0, 0.05) is 17.5 Å². The molecule has 2 rings (SSSR count). The molecule has 1 aromatic rings. The summed E-state index contributed by atoms with van der Waals surface area (Å²) in [6.45, 7) is 0. The Labute approximate surface area is 86.8 Å². The van der Waals surface area contributed by atoms with E-state index in [4.69, 9.17) is 11.6 Å². The maximum Gasteiger partial charge on any atom is 0.269 e. The van der Waals surface area contributed by atoms with Gasteiger partial charge in [-0.3, -0.25) is 10.1 Å². The highest BCUT2D eigenvalue weighted by Gasteiger charge is 2.18. The summed E-state index contributed by atoms with van der Waals surface area (Å²) in [4.78, 5) is 10.2. The Morgan fingerprint density at radius 1 is 1.43 bits per heavy atom. The molecule has 74 valence electrons. The molecule has 0 fully saturated rings. The molecule has 14 heavy (non-hydrogen) atoms. The van der Waals surface area contributed by atoms with Crippen LogP contribution in [0.1, 0.15) is 17.5 Å². The van der Waals surface area contributed by atoms with Gasteiger partial charge in [-0.2, -0.15) is 0 Å². The van der Waals surface area contributed by atoms with Crippen LogP contribution in [0.25, 0.3) is 0 Å². The average molecular weight is 212 g/mol. The number of rotatable bonds is 1. The van der Waals surface area contributed by atoms with Gasteiger partial charge in [0.15, 0.2) is 0 Å². The summed E-state index contributed by atoms with van der Waals surface area (Å²) in [5.41, 5.74) is 2.40. The zero-order chi connectivity index (χ0) is 10.1. The van der Waals surface area contributed by atoms with E-state index >= 15 is 0 Å². The first kappa shape index (κ1) is 9.46. The van der Waals surface area contributed by atoms with Crippen molar-refractivity contribution in [1.29, 1.82) is 0 Å². The van der Waals surface area contributed by atoms with Crippen LogP contribution in [0.2, 0.25) is 0 Å². The number of nitro benzene ring substituents is 1. The van der Waals surface area contributed by atoms with E-state index in [1.165, 1.54) is 5.56 Å². The highest BCUT2D eigenvalue weighted by molar-refractivity contribution is 6.20. The standard InChI is InChI=1S/C10H10ClNO2/c11-9-3-1-7-2-4-10(12(13)14)6-8(7)5-9/h2,4,6,9H,1,3,5H2/t9-/m1/s1. The summed E-state index contributed by atoms with van der Waals surface area (Å²) in [5, 5.41) is 10.7. The Morgan fingerprint density at radius 2 is 2.21 bits per heavy atom. The molecule has 0 radical (unpaired) electrons. The third-order valence-electron chi connectivity index (χ3n) is 2.57. The van der Waals surface area contributed by atoms with Gasteiger partial charge in [-0.1, -0.05) is 6.07 Å². The van der Waals surface area contributed by atoms with E-state index in [0.717, 1.165) is 24.8 Å². The first-order chi connectivity index (χ1) is 6.66. The van der Waals surface area contributed by atoms with Crippen molar-refractivity contribution in [3.05, 3.63) is 39.4 Å². The van der Waals surface area contributed by atoms with Crippen LogP contribution in [0.3, 0.4) is 0 Å². The van der Waals surface area contributed by atoms with E-state index in [2.05, 4.69) is 0 Å². The largest absolute Gasteiger partial charge is 0.269 e. The maximum atomic E-state index is 10.5. The highest BCUT2D eigenvalue weighted by Crippen LogP contribution is 2.27. The van der Waals surface area contributed by atoms with Gasteiger partial charge in [0.05, 0.1) is 4.92 Å². The molecule has 4 heteroatoms. The van der Waals surface area contributed by atoms with Crippen LogP contribution in [-0.4, -0.2) is 10.3 Å². The molecule has 1 aromatic carbocycles. The number of benzene rings is 1. The number of hydrogen-bond donors (Lipinski definition) is 0. The Balaban J connectivity index is 2.37. The molecule has 0 amide bonds. The number of aryl methyl sites for hydroxylation is 1. The molecule has 0 saturated carbocycles. The van der Waals surface area contributed by atoms with Crippen LogP contribution in [0.15, 0.2) is 18.2 Å². The number of nitrogens with zero attached hydrogens (tertiary/aromatic N) is 1. The predicted molar refractivity (Wildman–Crippen MR) is 54.8 cm³/mol. The zero-order valence-electron chi connectivity index (χ0n) is 7.57. The molecule has 0 unspecified atom stereocenters. The second-order valence-electron chi connectivity index (χ2n) is 3.55. The third kappa shape index (κ3) is 1.73. The lowest BCUT2D eigenvalue weighted by atomic mass is 9.91. The monoisotopic (exact) mass is 211 g/mol. The minimum atomic E-state index is -0.363. The molecule has 0 N–H and O–H groups in total. The van der Waals surface area contributed by atoms with E-state index in [1.54, 1.807) is 12.1 Å². The predicted octanol–water partition coefficient (Wildman–Crippen LogP) is 2.69. The quantitative estimate of drug-likeness (QED) is 0.407. The fraction of sp³-hybridized carbons (Fsp3) is 0.400. The lowest BCUT2D eigenvalue weighted by Gasteiger charge is -2.19. The Bertz CT molecular complexity index is 378. The van der Waals surface area contributed by atoms with Crippen molar-refractivity contribution in [2.24, 2.45) is 0 Å². The average Bonchev–Trinajstić information content (AvgIpc) is 2.16. The smallest absolute Gasteiger partial charge is 0.258 e. The molecule has 1 aliphatic rings. The number of fused-ring (bicyclic) bond motifs is 1. The van der Waals surface area contributed by atoms with Gasteiger partial charge in [0.2, 0.25) is 0 Å². The van der Waals surface area contributed by atoms with Gasteiger partial charge in [-0.15, -0.1) is 11.6 Å². The van der Waals surface area contributed by atoms with Gasteiger partial charge in [0.25, 0.3) is 5.69 Å². The van der Waals surface area contributed by atoms with E-state index < -0.39 is 0 Å². The van der Waals surface area contributed by atoms with Crippen molar-refractivity contribution in [1.82, 2.24) is 0 Å². The van der Waals surface area contributed by atoms with E-state index in [0.29, 0.717) is 0 Å². The van der Waals surface area contributed by atoms with Gasteiger partial charge in [0.1, 0.15) is 0 Å². The van der Waals surface area contributed by atoms with Crippen LogP contribution in [0, 0.1) is 10.1 Å². The van der Waals surface area contributed by atoms with Crippen molar-refractivity contribution >= 4 is 17.3 Å². The molecule has 0 saturated heterocycles. The molecule has 0 aromatic heterocycles. The molecule has 3 nitrogen and oxygen atoms in total. The third-order valence-corrected chi connectivity index (χ3v) is 2.94. The summed E-state index contributed by atoms with van der Waals surface area (Å²) >= 11 is 6.01. The van der Waals surface area contributed by atoms with Crippen LogP contribution in [0.4, 0.5) is 5.69 Å². The SMILES string of the molecule is O=[N+]([O-])c1ccc2c(c1)C[C@H](Cl)CC2. The van der Waals surface area contributed by atoms with E-state index in [-0.39, 0.29) is 16.0 Å². The number of nitro groups is 1. The Hall–Kier alpha value is -1.09. The first-order valence-corrected chi connectivity index (χ1v) is 5.01. The van der Waals surface area contributed by atoms with Gasteiger partial charge in [-0.05, 0) is 30.4 Å². The molecule has 1 atom stereocenters. The molecular formula is C10H10ClNO2. The van der Waals surface area contributed by atoms with Crippen molar-refractivity contribution in [2.45, 2.75) is 24.6 Å². The Morgan fingerprint density at radius 3 is 2.93 bits per heavy atom. The zero-order valence-corrected chi connectivity index (χ0v) is 8.33. The maximum absolute atomic E-state index is 10.5. The summed E-state index contributed by atoms with van der Waals surface area (Å²) < 4.78 is 0. The number of non-ortho nitro benzene ring substituents is 1. The summed E-state index contributed by atoms with van der Waals surface area (Å²) in [6.07, 6.45) is 2.65. The fourth-order valence-electron chi connectivity index (χ4n) is 1.81. The van der Waals surface area contributed by atoms with E-state index in [9.17, 15) is 10.1 Å². The fourth-order valence-corrected chi connectivity index (χ4v) is 2.09. The Kier molecular flexibility index (Phi) is 2.42. The lowest BCUT2D eigenvalue weighted by molar-refractivity contribution is -0.384. The van der Waals surface area contributed by atoms with Crippen LogP contribution in [-0.2, 0) is 12.8 Å². The molecule has 1 aliphatic carbocycles. The van der Waals surface area contributed by atoms with Gasteiger partial charge >= 0.3 is 0 Å². The molecule has 0 spiro atoms. The van der Waals surface area contributed by atoms with Crippen molar-refractivity contribution < 1.29 is 4.92 Å². The van der Waals surface area contributed by atoms with Gasteiger partial charge in [-0.25, -0.2) is 0 Å². The topological polar surface area (TPSA) is 43.1 Å². The molecular weight excluding hydrogens is 202 g/mol. The van der Waals surface area contributed by atoms with Crippen LogP contribution in [0.5, 0.6) is 0 Å². The van der Waals surface area contributed by atoms with Gasteiger partial charge < -0.3 is 0 Å². The first-order valence-electron chi connectivity index (χ1n) is 4.57. The normalized spacial score (nSPS) is 20.2. The molecule has 0 heterocycles. The minimum Gasteiger partial charge on any atom is -0.258 e. The van der Waals surface area contributed by atoms with E-state index in [1.807, 2.05) is 6.07 Å². The molecule has 0 bridgehead atoms. The van der Waals surface area contributed by atoms with Crippen LogP contribution >= 0.6 is 11.6 Å². The summed E-state index contributed by atoms with van der Waals surface area (Å²) in [5.74, 6) is 0. The summed E-state index contributed by atoms with van der Waals surface area (Å²) in [7, 11) is 0. The number of hydrogen-bond acceptors (Lipinski definition) is 2. The highest BCUT2D eigenvalue weighted by atomic mass is 35.5. The second kappa shape index (κ2) is 3.58. The lowest BCUT2D eigenvalue weighted by Crippen LogP contribution is -2.13. The van der Waals surface area contributed by atoms with Crippen molar-refractivity contribution in [2.75, 3.05) is 0 Å². The number of alkyl halides is 1. The van der Waals surface area contributed by atoms with Crippen LogP contribution < -0.4 is 0 Å². The second-order valence-corrected chi connectivity index (χ2v) is 4.17. The van der Waals surface area contributed by atoms with Crippen molar-refractivity contribution in [3.63, 3.8) is 0 Å². The summed E-state index contributed by atoms with van der Waals surface area (Å²) in [6, 6.07) is 5.05. The molecule has 0 aliphatic heterocycles. The van der Waals surface area contributed by atoms with Crippen molar-refractivity contribution in [3.8, 4) is 0 Å². The minimum absolute atomic E-state index is 0.129. The number of halogens is 1.